The Kier molecular flexibility index (Phi) is 2.68. The minimum Gasteiger partial charge on any atom is -0.491 e. The van der Waals surface area contributed by atoms with Gasteiger partial charge in [0.15, 0.2) is 0 Å². The van der Waals surface area contributed by atoms with E-state index in [-0.39, 0.29) is 12.7 Å². The van der Waals surface area contributed by atoms with E-state index in [2.05, 4.69) is 0 Å². The van der Waals surface area contributed by atoms with Crippen LogP contribution in [0, 0.1) is 0 Å². The van der Waals surface area contributed by atoms with Crippen LogP contribution < -0.4 is 4.74 Å². The predicted octanol–water partition coefficient (Wildman–Crippen LogP) is 2.01. The zero-order chi connectivity index (χ0) is 9.97. The smallest absolute Gasteiger partial charge is 0.123 e. The second-order valence-corrected chi connectivity index (χ2v) is 3.45. The van der Waals surface area contributed by atoms with E-state index < -0.39 is 6.67 Å². The summed E-state index contributed by atoms with van der Waals surface area (Å²) in [4.78, 5) is 0. The molecule has 0 heterocycles. The van der Waals surface area contributed by atoms with E-state index in [0.717, 1.165) is 24.0 Å². The van der Waals surface area contributed by atoms with Crippen molar-refractivity contribution in [3.8, 4) is 5.75 Å². The standard InChI is InChI=1S/C11H13FO2/c12-5-6-14-9-2-3-10-8(7-9)1-4-11(10)13/h2-3,7,11,13H,1,4-6H2/t11-/m0/s1. The molecule has 1 aliphatic rings. The van der Waals surface area contributed by atoms with E-state index in [1.165, 1.54) is 0 Å². The summed E-state index contributed by atoms with van der Waals surface area (Å²) >= 11 is 0. The van der Waals surface area contributed by atoms with E-state index in [4.69, 9.17) is 4.74 Å². The van der Waals surface area contributed by atoms with Gasteiger partial charge in [0.05, 0.1) is 6.10 Å². The maximum Gasteiger partial charge on any atom is 0.123 e. The lowest BCUT2D eigenvalue weighted by molar-refractivity contribution is 0.180. The molecule has 0 aliphatic heterocycles. The van der Waals surface area contributed by atoms with Crippen LogP contribution in [0.4, 0.5) is 4.39 Å². The Morgan fingerprint density at radius 1 is 1.50 bits per heavy atom. The van der Waals surface area contributed by atoms with E-state index in [0.29, 0.717) is 5.75 Å². The van der Waals surface area contributed by atoms with Gasteiger partial charge in [-0.3, -0.25) is 0 Å². The molecular weight excluding hydrogens is 183 g/mol. The Morgan fingerprint density at radius 2 is 2.36 bits per heavy atom. The lowest BCUT2D eigenvalue weighted by atomic mass is 10.1. The highest BCUT2D eigenvalue weighted by atomic mass is 19.1. The fourth-order valence-corrected chi connectivity index (χ4v) is 1.82. The number of benzene rings is 1. The molecule has 0 radical (unpaired) electrons. The van der Waals surface area contributed by atoms with Gasteiger partial charge < -0.3 is 9.84 Å². The molecule has 1 aliphatic carbocycles. The second-order valence-electron chi connectivity index (χ2n) is 3.45. The summed E-state index contributed by atoms with van der Waals surface area (Å²) in [6.07, 6.45) is 1.32. The molecule has 1 atom stereocenters. The van der Waals surface area contributed by atoms with Crippen LogP contribution in [0.15, 0.2) is 18.2 Å². The van der Waals surface area contributed by atoms with Crippen molar-refractivity contribution in [2.45, 2.75) is 18.9 Å². The van der Waals surface area contributed by atoms with Crippen LogP contribution in [-0.4, -0.2) is 18.4 Å². The molecule has 0 aromatic heterocycles. The van der Waals surface area contributed by atoms with Crippen molar-refractivity contribution >= 4 is 0 Å². The number of hydrogen-bond donors (Lipinski definition) is 1. The summed E-state index contributed by atoms with van der Waals surface area (Å²) in [5.74, 6) is 0.690. The summed E-state index contributed by atoms with van der Waals surface area (Å²) in [5, 5.41) is 9.55. The fraction of sp³-hybridized carbons (Fsp3) is 0.455. The minimum absolute atomic E-state index is 0.0986. The summed E-state index contributed by atoms with van der Waals surface area (Å²) in [7, 11) is 0. The summed E-state index contributed by atoms with van der Waals surface area (Å²) in [6.45, 7) is -0.374. The van der Waals surface area contributed by atoms with Gasteiger partial charge >= 0.3 is 0 Å². The van der Waals surface area contributed by atoms with Crippen molar-refractivity contribution in [2.75, 3.05) is 13.3 Å². The third-order valence-electron chi connectivity index (χ3n) is 2.51. The first kappa shape index (κ1) is 9.46. The third kappa shape index (κ3) is 1.73. The quantitative estimate of drug-likeness (QED) is 0.801. The molecule has 2 rings (SSSR count). The Labute approximate surface area is 82.3 Å². The molecule has 1 aromatic carbocycles. The largest absolute Gasteiger partial charge is 0.491 e. The molecule has 0 saturated heterocycles. The molecule has 2 nitrogen and oxygen atoms in total. The van der Waals surface area contributed by atoms with Crippen molar-refractivity contribution in [1.82, 2.24) is 0 Å². The second kappa shape index (κ2) is 3.96. The zero-order valence-corrected chi connectivity index (χ0v) is 7.87. The number of alkyl halides is 1. The molecular formula is C11H13FO2. The van der Waals surface area contributed by atoms with Gasteiger partial charge in [0.25, 0.3) is 0 Å². The first-order valence-corrected chi connectivity index (χ1v) is 4.81. The van der Waals surface area contributed by atoms with E-state index in [1.54, 1.807) is 6.07 Å². The van der Waals surface area contributed by atoms with E-state index in [1.807, 2.05) is 12.1 Å². The number of ether oxygens (including phenoxy) is 1. The highest BCUT2D eigenvalue weighted by Gasteiger charge is 2.20. The summed E-state index contributed by atoms with van der Waals surface area (Å²) in [6, 6.07) is 5.53. The highest BCUT2D eigenvalue weighted by Crippen LogP contribution is 2.33. The summed E-state index contributed by atoms with van der Waals surface area (Å²) in [5.41, 5.74) is 2.10. The Hall–Kier alpha value is -1.09. The van der Waals surface area contributed by atoms with Gasteiger partial charge in [-0.05, 0) is 36.1 Å². The monoisotopic (exact) mass is 196 g/mol. The Bertz CT molecular complexity index is 325. The SMILES string of the molecule is O[C@H]1CCc2cc(OCCF)ccc21. The minimum atomic E-state index is -0.473. The van der Waals surface area contributed by atoms with Crippen molar-refractivity contribution < 1.29 is 14.2 Å². The zero-order valence-electron chi connectivity index (χ0n) is 7.87. The third-order valence-corrected chi connectivity index (χ3v) is 2.51. The van der Waals surface area contributed by atoms with Gasteiger partial charge in [0, 0.05) is 0 Å². The van der Waals surface area contributed by atoms with Crippen molar-refractivity contribution in [3.05, 3.63) is 29.3 Å². The van der Waals surface area contributed by atoms with Crippen LogP contribution in [-0.2, 0) is 6.42 Å². The first-order chi connectivity index (χ1) is 6.81. The molecule has 14 heavy (non-hydrogen) atoms. The molecule has 0 bridgehead atoms. The van der Waals surface area contributed by atoms with Gasteiger partial charge in [-0.2, -0.15) is 0 Å². The number of fused-ring (bicyclic) bond motifs is 1. The average molecular weight is 196 g/mol. The van der Waals surface area contributed by atoms with E-state index in [9.17, 15) is 9.50 Å². The predicted molar refractivity (Wildman–Crippen MR) is 51.2 cm³/mol. The topological polar surface area (TPSA) is 29.5 Å². The van der Waals surface area contributed by atoms with Crippen LogP contribution in [0.3, 0.4) is 0 Å². The number of aliphatic hydroxyl groups is 1. The lowest BCUT2D eigenvalue weighted by Crippen LogP contribution is -1.99. The number of aryl methyl sites for hydroxylation is 1. The van der Waals surface area contributed by atoms with Crippen LogP contribution in [0.5, 0.6) is 5.75 Å². The molecule has 0 saturated carbocycles. The van der Waals surface area contributed by atoms with Crippen LogP contribution in [0.25, 0.3) is 0 Å². The van der Waals surface area contributed by atoms with Crippen LogP contribution >= 0.6 is 0 Å². The van der Waals surface area contributed by atoms with Gasteiger partial charge in [-0.15, -0.1) is 0 Å². The molecule has 0 fully saturated rings. The normalized spacial score (nSPS) is 19.4. The Morgan fingerprint density at radius 3 is 3.14 bits per heavy atom. The number of aliphatic hydroxyl groups excluding tert-OH is 1. The molecule has 3 heteroatoms. The fourth-order valence-electron chi connectivity index (χ4n) is 1.82. The van der Waals surface area contributed by atoms with Crippen molar-refractivity contribution in [1.29, 1.82) is 0 Å². The number of rotatable bonds is 3. The van der Waals surface area contributed by atoms with Crippen LogP contribution in [0.2, 0.25) is 0 Å². The Balaban J connectivity index is 2.15. The highest BCUT2D eigenvalue weighted by molar-refractivity contribution is 5.39. The number of hydrogen-bond acceptors (Lipinski definition) is 2. The molecule has 1 N–H and O–H groups in total. The van der Waals surface area contributed by atoms with Crippen molar-refractivity contribution in [3.63, 3.8) is 0 Å². The van der Waals surface area contributed by atoms with Gasteiger partial charge in [-0.25, -0.2) is 4.39 Å². The van der Waals surface area contributed by atoms with Crippen molar-refractivity contribution in [2.24, 2.45) is 0 Å². The average Bonchev–Trinajstić information content (AvgIpc) is 2.57. The van der Waals surface area contributed by atoms with E-state index >= 15 is 0 Å². The summed E-state index contributed by atoms with van der Waals surface area (Å²) < 4.78 is 17.0. The molecule has 1 aromatic rings. The number of halogens is 1. The molecule has 0 amide bonds. The molecule has 0 spiro atoms. The van der Waals surface area contributed by atoms with Gasteiger partial charge in [-0.1, -0.05) is 6.07 Å². The van der Waals surface area contributed by atoms with Crippen LogP contribution in [0.1, 0.15) is 23.7 Å². The van der Waals surface area contributed by atoms with Gasteiger partial charge in [0.1, 0.15) is 19.0 Å². The maximum atomic E-state index is 11.8. The molecule has 76 valence electrons. The van der Waals surface area contributed by atoms with Gasteiger partial charge in [0.2, 0.25) is 0 Å². The molecule has 0 unspecified atom stereocenters. The lowest BCUT2D eigenvalue weighted by Gasteiger charge is -2.07. The maximum absolute atomic E-state index is 11.8. The first-order valence-electron chi connectivity index (χ1n) is 4.81.